The third-order valence-corrected chi connectivity index (χ3v) is 6.46. The van der Waals surface area contributed by atoms with Crippen molar-refractivity contribution in [1.29, 1.82) is 10.5 Å². The van der Waals surface area contributed by atoms with Crippen LogP contribution < -0.4 is 20.9 Å². The average molecular weight is 459 g/mol. The van der Waals surface area contributed by atoms with Crippen LogP contribution in [0.25, 0.3) is 33.4 Å². The van der Waals surface area contributed by atoms with Gasteiger partial charge >= 0.3 is 0 Å². The molecule has 0 atom stereocenters. The molecule has 0 saturated heterocycles. The molecule has 4 aromatic rings. The van der Waals surface area contributed by atoms with E-state index >= 15 is 0 Å². The fourth-order valence-corrected chi connectivity index (χ4v) is 4.88. The zero-order chi connectivity index (χ0) is 24.4. The van der Waals surface area contributed by atoms with E-state index in [0.29, 0.717) is 11.5 Å². The Labute approximate surface area is 203 Å². The summed E-state index contributed by atoms with van der Waals surface area (Å²) in [7, 11) is 0. The molecule has 0 fully saturated rings. The van der Waals surface area contributed by atoms with Crippen LogP contribution in [0.15, 0.2) is 72.8 Å². The molecular formula is C29H22N4O2. The van der Waals surface area contributed by atoms with Gasteiger partial charge in [0.25, 0.3) is 12.5 Å². The largest absolute Gasteiger partial charge is 0.388 e. The minimum atomic E-state index is 0.243. The summed E-state index contributed by atoms with van der Waals surface area (Å²) in [6.45, 7) is 0.487. The normalized spacial score (nSPS) is 11.2. The Bertz CT molecular complexity index is 1530. The van der Waals surface area contributed by atoms with Gasteiger partial charge in [0.2, 0.25) is 0 Å². The van der Waals surface area contributed by atoms with Gasteiger partial charge in [0.1, 0.15) is 11.5 Å². The Morgan fingerprint density at radius 3 is 1.94 bits per heavy atom. The summed E-state index contributed by atoms with van der Waals surface area (Å²) in [6.07, 6.45) is 4.27. The number of rotatable bonds is 6. The van der Waals surface area contributed by atoms with Crippen LogP contribution >= 0.6 is 0 Å². The molecule has 0 bridgehead atoms. The number of nitriles is 2. The van der Waals surface area contributed by atoms with Crippen LogP contribution in [0.5, 0.6) is 11.5 Å². The highest BCUT2D eigenvalue weighted by molar-refractivity contribution is 5.94. The van der Waals surface area contributed by atoms with E-state index in [2.05, 4.69) is 36.4 Å². The molecule has 170 valence electrons. The van der Waals surface area contributed by atoms with Crippen molar-refractivity contribution in [2.24, 2.45) is 11.5 Å². The maximum Gasteiger partial charge on any atom is 0.292 e. The SMILES string of the molecule is N#COc1ccc(-c2ccc3c(c2-c2ccc(OC#N)c(CN)c2)Cc2ccccc2-3)cc1CN. The van der Waals surface area contributed by atoms with E-state index in [4.69, 9.17) is 31.5 Å². The molecule has 5 rings (SSSR count). The quantitative estimate of drug-likeness (QED) is 0.336. The highest BCUT2D eigenvalue weighted by Gasteiger charge is 2.25. The van der Waals surface area contributed by atoms with Crippen LogP contribution in [0.4, 0.5) is 0 Å². The van der Waals surface area contributed by atoms with E-state index in [-0.39, 0.29) is 13.1 Å². The van der Waals surface area contributed by atoms with Crippen molar-refractivity contribution < 1.29 is 9.47 Å². The van der Waals surface area contributed by atoms with Gasteiger partial charge in [-0.3, -0.25) is 0 Å². The van der Waals surface area contributed by atoms with Crippen LogP contribution in [-0.4, -0.2) is 0 Å². The van der Waals surface area contributed by atoms with Gasteiger partial charge in [-0.2, -0.15) is 0 Å². The van der Waals surface area contributed by atoms with Gasteiger partial charge in [-0.05, 0) is 75.2 Å². The fourth-order valence-electron chi connectivity index (χ4n) is 4.88. The lowest BCUT2D eigenvalue weighted by Crippen LogP contribution is -2.02. The molecule has 0 saturated carbocycles. The number of nitrogens with two attached hydrogens (primary N) is 2. The van der Waals surface area contributed by atoms with Crippen molar-refractivity contribution in [2.75, 3.05) is 0 Å². The lowest BCUT2D eigenvalue weighted by atomic mass is 9.86. The molecule has 4 N–H and O–H groups in total. The van der Waals surface area contributed by atoms with Gasteiger partial charge in [0, 0.05) is 24.2 Å². The highest BCUT2D eigenvalue weighted by atomic mass is 16.5. The van der Waals surface area contributed by atoms with Crippen molar-refractivity contribution in [1.82, 2.24) is 0 Å². The molecule has 0 spiro atoms. The monoisotopic (exact) mass is 458 g/mol. The second-order valence-electron chi connectivity index (χ2n) is 8.29. The molecule has 4 aromatic carbocycles. The molecule has 6 heteroatoms. The van der Waals surface area contributed by atoms with Gasteiger partial charge in [0.15, 0.2) is 0 Å². The lowest BCUT2D eigenvalue weighted by Gasteiger charge is -2.18. The molecule has 0 unspecified atom stereocenters. The van der Waals surface area contributed by atoms with Gasteiger partial charge in [-0.1, -0.05) is 48.5 Å². The molecule has 6 nitrogen and oxygen atoms in total. The summed E-state index contributed by atoms with van der Waals surface area (Å²) < 4.78 is 10.2. The van der Waals surface area contributed by atoms with E-state index < -0.39 is 0 Å². The predicted octanol–water partition coefficient (Wildman–Crippen LogP) is 5.23. The van der Waals surface area contributed by atoms with Gasteiger partial charge in [-0.25, -0.2) is 0 Å². The van der Waals surface area contributed by atoms with E-state index in [1.54, 1.807) is 24.6 Å². The third-order valence-electron chi connectivity index (χ3n) is 6.46. The molecular weight excluding hydrogens is 436 g/mol. The minimum Gasteiger partial charge on any atom is -0.388 e. The Morgan fingerprint density at radius 2 is 1.29 bits per heavy atom. The summed E-state index contributed by atoms with van der Waals surface area (Å²) in [4.78, 5) is 0. The average Bonchev–Trinajstić information content (AvgIpc) is 3.28. The van der Waals surface area contributed by atoms with Crippen LogP contribution in [0.1, 0.15) is 22.3 Å². The van der Waals surface area contributed by atoms with E-state index in [1.807, 2.05) is 24.3 Å². The minimum absolute atomic E-state index is 0.243. The first-order chi connectivity index (χ1) is 17.2. The topological polar surface area (TPSA) is 118 Å². The van der Waals surface area contributed by atoms with Crippen molar-refractivity contribution in [3.8, 4) is 57.4 Å². The molecule has 0 heterocycles. The van der Waals surface area contributed by atoms with E-state index in [9.17, 15) is 0 Å². The Hall–Kier alpha value is -4.62. The second kappa shape index (κ2) is 9.32. The number of ether oxygens (including phenoxy) is 2. The molecule has 1 aliphatic carbocycles. The molecule has 0 radical (unpaired) electrons. The predicted molar refractivity (Wildman–Crippen MR) is 134 cm³/mol. The van der Waals surface area contributed by atoms with Crippen LogP contribution in [-0.2, 0) is 19.5 Å². The van der Waals surface area contributed by atoms with Crippen molar-refractivity contribution >= 4 is 0 Å². The van der Waals surface area contributed by atoms with Crippen molar-refractivity contribution in [3.05, 3.63) is 95.1 Å². The molecule has 35 heavy (non-hydrogen) atoms. The van der Waals surface area contributed by atoms with Crippen LogP contribution in [0.2, 0.25) is 0 Å². The molecule has 0 aromatic heterocycles. The zero-order valence-electron chi connectivity index (χ0n) is 18.9. The van der Waals surface area contributed by atoms with Crippen molar-refractivity contribution in [2.45, 2.75) is 19.5 Å². The molecule has 1 aliphatic rings. The fraction of sp³-hybridized carbons (Fsp3) is 0.103. The Balaban J connectivity index is 1.75. The lowest BCUT2D eigenvalue weighted by molar-refractivity contribution is 0.500. The first-order valence-electron chi connectivity index (χ1n) is 11.2. The van der Waals surface area contributed by atoms with Gasteiger partial charge in [-0.15, -0.1) is 10.5 Å². The summed E-state index contributed by atoms with van der Waals surface area (Å²) >= 11 is 0. The van der Waals surface area contributed by atoms with Crippen molar-refractivity contribution in [3.63, 3.8) is 0 Å². The maximum atomic E-state index is 9.00. The second-order valence-corrected chi connectivity index (χ2v) is 8.29. The smallest absolute Gasteiger partial charge is 0.292 e. The Morgan fingerprint density at radius 1 is 0.686 bits per heavy atom. The number of fused-ring (bicyclic) bond motifs is 3. The number of hydrogen-bond donors (Lipinski definition) is 2. The number of hydrogen-bond acceptors (Lipinski definition) is 6. The van der Waals surface area contributed by atoms with Crippen LogP contribution in [0.3, 0.4) is 0 Å². The van der Waals surface area contributed by atoms with Gasteiger partial charge < -0.3 is 20.9 Å². The summed E-state index contributed by atoms with van der Waals surface area (Å²) in [5.41, 5.74) is 22.5. The third kappa shape index (κ3) is 3.88. The molecule has 0 aliphatic heterocycles. The van der Waals surface area contributed by atoms with Gasteiger partial charge in [0.05, 0.1) is 0 Å². The Kier molecular flexibility index (Phi) is 5.91. The van der Waals surface area contributed by atoms with Crippen LogP contribution in [0, 0.1) is 23.0 Å². The summed E-state index contributed by atoms with van der Waals surface area (Å²) in [5.74, 6) is 0.914. The summed E-state index contributed by atoms with van der Waals surface area (Å²) in [6, 6.07) is 24.2. The highest BCUT2D eigenvalue weighted by Crippen LogP contribution is 2.46. The molecule has 0 amide bonds. The number of nitrogens with zero attached hydrogens (tertiary/aromatic N) is 2. The zero-order valence-corrected chi connectivity index (χ0v) is 18.9. The van der Waals surface area contributed by atoms with E-state index in [1.165, 1.54) is 22.3 Å². The number of benzene rings is 4. The van der Waals surface area contributed by atoms with E-state index in [0.717, 1.165) is 39.8 Å². The maximum absolute atomic E-state index is 9.00. The standard InChI is InChI=1S/C29H22N4O2/c30-14-21-11-19(5-9-27(21)34-16-32)24-7-8-25-23-4-2-1-3-18(23)13-26(25)29(24)20-6-10-28(35-17-33)22(12-20)15-31/h1-12H,13-15,30-31H2. The first-order valence-corrected chi connectivity index (χ1v) is 11.2. The first kappa shape index (κ1) is 22.2. The summed E-state index contributed by atoms with van der Waals surface area (Å²) in [5, 5.41) is 18.0.